The van der Waals surface area contributed by atoms with E-state index in [0.29, 0.717) is 0 Å². The number of aldehydes is 1. The molecule has 2 rings (SSSR count). The Morgan fingerprint density at radius 2 is 1.90 bits per heavy atom. The summed E-state index contributed by atoms with van der Waals surface area (Å²) in [6, 6.07) is 6.63. The molecule has 0 N–H and O–H groups in total. The molecule has 0 spiro atoms. The Bertz CT molecular complexity index is 622. The van der Waals surface area contributed by atoms with Crippen LogP contribution in [0.5, 0.6) is 0 Å². The molecule has 1 nitrogen and oxygen atoms in total. The number of allylic oxidation sites excluding steroid dienone is 4. The van der Waals surface area contributed by atoms with E-state index in [9.17, 15) is 4.79 Å². The largest absolute Gasteiger partial charge is 0.299 e. The second-order valence-electron chi connectivity index (χ2n) is 7.70. The van der Waals surface area contributed by atoms with Gasteiger partial charge in [-0.1, -0.05) is 52.8 Å². The molecule has 1 heteroatoms. The molecule has 112 valence electrons. The first kappa shape index (κ1) is 15.8. The zero-order valence-electron chi connectivity index (χ0n) is 14.1. The monoisotopic (exact) mass is 282 g/mol. The van der Waals surface area contributed by atoms with Crippen molar-refractivity contribution in [1.29, 1.82) is 0 Å². The van der Waals surface area contributed by atoms with Crippen molar-refractivity contribution in [3.63, 3.8) is 0 Å². The quantitative estimate of drug-likeness (QED) is 0.524. The Morgan fingerprint density at radius 3 is 2.48 bits per heavy atom. The SMILES string of the molecule is CC(=CC=O)c1ccc2c(c1)C(C(C)(C)C)=CCC2(C)C. The van der Waals surface area contributed by atoms with Gasteiger partial charge in [-0.15, -0.1) is 0 Å². The summed E-state index contributed by atoms with van der Waals surface area (Å²) in [6.07, 6.45) is 5.97. The average molecular weight is 282 g/mol. The Kier molecular flexibility index (Phi) is 3.97. The van der Waals surface area contributed by atoms with Gasteiger partial charge in [-0.05, 0) is 64.2 Å². The number of hydrogen-bond acceptors (Lipinski definition) is 1. The molecule has 0 aromatic heterocycles. The smallest absolute Gasteiger partial charge is 0.143 e. The zero-order valence-corrected chi connectivity index (χ0v) is 14.1. The number of carbonyl (C=O) groups is 1. The van der Waals surface area contributed by atoms with Gasteiger partial charge in [-0.25, -0.2) is 0 Å². The Labute approximate surface area is 128 Å². The summed E-state index contributed by atoms with van der Waals surface area (Å²) in [5.41, 5.74) is 6.63. The van der Waals surface area contributed by atoms with Crippen LogP contribution >= 0.6 is 0 Å². The van der Waals surface area contributed by atoms with Crippen molar-refractivity contribution in [2.75, 3.05) is 0 Å². The van der Waals surface area contributed by atoms with Crippen LogP contribution in [0.3, 0.4) is 0 Å². The molecular formula is C20H26O. The van der Waals surface area contributed by atoms with E-state index in [-0.39, 0.29) is 10.8 Å². The van der Waals surface area contributed by atoms with E-state index in [1.807, 2.05) is 6.92 Å². The first-order chi connectivity index (χ1) is 9.66. The van der Waals surface area contributed by atoms with E-state index in [4.69, 9.17) is 0 Å². The summed E-state index contributed by atoms with van der Waals surface area (Å²) >= 11 is 0. The van der Waals surface area contributed by atoms with Crippen molar-refractivity contribution in [2.24, 2.45) is 5.41 Å². The molecule has 0 unspecified atom stereocenters. The van der Waals surface area contributed by atoms with Gasteiger partial charge in [0.2, 0.25) is 0 Å². The number of benzene rings is 1. The molecule has 0 bridgehead atoms. The van der Waals surface area contributed by atoms with Gasteiger partial charge in [-0.2, -0.15) is 0 Å². The minimum Gasteiger partial charge on any atom is -0.299 e. The normalized spacial score (nSPS) is 18.0. The fourth-order valence-electron chi connectivity index (χ4n) is 3.09. The van der Waals surface area contributed by atoms with Crippen LogP contribution < -0.4 is 0 Å². The Hall–Kier alpha value is -1.63. The fraction of sp³-hybridized carbons (Fsp3) is 0.450. The number of rotatable bonds is 2. The highest BCUT2D eigenvalue weighted by Gasteiger charge is 2.32. The molecule has 1 aliphatic rings. The standard InChI is InChI=1S/C20H26O/c1-14(10-12-21)15-7-8-18-16(13-15)17(19(2,3)4)9-11-20(18,5)6/h7-10,12-13H,11H2,1-6H3. The Morgan fingerprint density at radius 1 is 1.24 bits per heavy atom. The molecule has 0 heterocycles. The Balaban J connectivity index is 2.65. The summed E-state index contributed by atoms with van der Waals surface area (Å²) in [4.78, 5) is 10.7. The maximum atomic E-state index is 10.7. The van der Waals surface area contributed by atoms with Crippen LogP contribution in [0.1, 0.15) is 64.7 Å². The lowest BCUT2D eigenvalue weighted by atomic mass is 9.68. The molecule has 21 heavy (non-hydrogen) atoms. The van der Waals surface area contributed by atoms with E-state index >= 15 is 0 Å². The predicted octanol–water partition coefficient (Wildman–Crippen LogP) is 5.40. The van der Waals surface area contributed by atoms with Crippen LogP contribution in [0.2, 0.25) is 0 Å². The van der Waals surface area contributed by atoms with Gasteiger partial charge in [0, 0.05) is 0 Å². The van der Waals surface area contributed by atoms with E-state index in [1.54, 1.807) is 6.08 Å². The molecule has 1 aromatic rings. The van der Waals surface area contributed by atoms with Gasteiger partial charge >= 0.3 is 0 Å². The van der Waals surface area contributed by atoms with Gasteiger partial charge in [0.25, 0.3) is 0 Å². The van der Waals surface area contributed by atoms with Crippen molar-refractivity contribution in [3.8, 4) is 0 Å². The van der Waals surface area contributed by atoms with Crippen molar-refractivity contribution in [2.45, 2.75) is 53.4 Å². The van der Waals surface area contributed by atoms with Crippen LogP contribution in [0, 0.1) is 5.41 Å². The first-order valence-corrected chi connectivity index (χ1v) is 7.65. The average Bonchev–Trinajstić information content (AvgIpc) is 2.36. The van der Waals surface area contributed by atoms with Crippen molar-refractivity contribution < 1.29 is 4.79 Å². The molecule has 0 saturated heterocycles. The van der Waals surface area contributed by atoms with Crippen LogP contribution in [0.15, 0.2) is 30.4 Å². The van der Waals surface area contributed by atoms with Crippen molar-refractivity contribution in [3.05, 3.63) is 47.0 Å². The van der Waals surface area contributed by atoms with Crippen molar-refractivity contribution in [1.82, 2.24) is 0 Å². The summed E-state index contributed by atoms with van der Waals surface area (Å²) in [5, 5.41) is 0. The maximum absolute atomic E-state index is 10.7. The molecular weight excluding hydrogens is 256 g/mol. The third kappa shape index (κ3) is 3.02. The molecule has 0 atom stereocenters. The van der Waals surface area contributed by atoms with Crippen LogP contribution in [0.4, 0.5) is 0 Å². The maximum Gasteiger partial charge on any atom is 0.143 e. The highest BCUT2D eigenvalue weighted by atomic mass is 16.1. The number of fused-ring (bicyclic) bond motifs is 1. The van der Waals surface area contributed by atoms with Gasteiger partial charge in [0.15, 0.2) is 0 Å². The van der Waals surface area contributed by atoms with Gasteiger partial charge < -0.3 is 0 Å². The lowest BCUT2D eigenvalue weighted by molar-refractivity contribution is -0.104. The zero-order chi connectivity index (χ0) is 15.8. The predicted molar refractivity (Wildman–Crippen MR) is 91.2 cm³/mol. The van der Waals surface area contributed by atoms with Crippen LogP contribution in [-0.2, 0) is 10.2 Å². The molecule has 0 amide bonds. The number of carbonyl (C=O) groups excluding carboxylic acids is 1. The highest BCUT2D eigenvalue weighted by Crippen LogP contribution is 2.46. The molecule has 0 saturated carbocycles. The minimum absolute atomic E-state index is 0.131. The van der Waals surface area contributed by atoms with E-state index in [2.05, 4.69) is 58.9 Å². The summed E-state index contributed by atoms with van der Waals surface area (Å²) in [7, 11) is 0. The molecule has 0 radical (unpaired) electrons. The van der Waals surface area contributed by atoms with Gasteiger partial charge in [0.05, 0.1) is 0 Å². The molecule has 0 fully saturated rings. The second-order valence-corrected chi connectivity index (χ2v) is 7.70. The lowest BCUT2D eigenvalue weighted by Gasteiger charge is -2.37. The minimum atomic E-state index is 0.131. The van der Waals surface area contributed by atoms with E-state index in [0.717, 1.165) is 23.8 Å². The fourth-order valence-corrected chi connectivity index (χ4v) is 3.09. The summed E-state index contributed by atoms with van der Waals surface area (Å²) in [5.74, 6) is 0. The van der Waals surface area contributed by atoms with Gasteiger partial charge in [-0.3, -0.25) is 4.79 Å². The van der Waals surface area contributed by atoms with Gasteiger partial charge in [0.1, 0.15) is 6.29 Å². The summed E-state index contributed by atoms with van der Waals surface area (Å²) in [6.45, 7) is 13.4. The first-order valence-electron chi connectivity index (χ1n) is 7.65. The summed E-state index contributed by atoms with van der Waals surface area (Å²) < 4.78 is 0. The lowest BCUT2D eigenvalue weighted by Crippen LogP contribution is -2.25. The van der Waals surface area contributed by atoms with E-state index in [1.165, 1.54) is 16.7 Å². The van der Waals surface area contributed by atoms with Crippen LogP contribution in [-0.4, -0.2) is 6.29 Å². The van der Waals surface area contributed by atoms with E-state index < -0.39 is 0 Å². The topological polar surface area (TPSA) is 17.1 Å². The molecule has 1 aromatic carbocycles. The molecule has 0 aliphatic heterocycles. The molecule has 1 aliphatic carbocycles. The third-order valence-electron chi connectivity index (χ3n) is 4.44. The highest BCUT2D eigenvalue weighted by molar-refractivity contribution is 5.83. The van der Waals surface area contributed by atoms with Crippen molar-refractivity contribution >= 4 is 17.4 Å². The second kappa shape index (κ2) is 5.29. The number of hydrogen-bond donors (Lipinski definition) is 0. The van der Waals surface area contributed by atoms with Crippen LogP contribution in [0.25, 0.3) is 11.1 Å². The third-order valence-corrected chi connectivity index (χ3v) is 4.44.